The first-order valence-corrected chi connectivity index (χ1v) is 7.04. The molecule has 0 aliphatic carbocycles. The number of aromatic nitrogens is 2. The van der Waals surface area contributed by atoms with Crippen LogP contribution in [-0.2, 0) is 4.74 Å². The van der Waals surface area contributed by atoms with Crippen molar-refractivity contribution in [2.24, 2.45) is 0 Å². The number of ether oxygens (including phenoxy) is 1. The zero-order chi connectivity index (χ0) is 15.4. The van der Waals surface area contributed by atoms with Gasteiger partial charge in [0.25, 0.3) is 5.91 Å². The van der Waals surface area contributed by atoms with E-state index < -0.39 is 0 Å². The molecule has 2 aromatic rings. The third kappa shape index (κ3) is 3.15. The standard InChI is InChI=1S/C15H17N5O2/c16-14-10-17-9-12(18-14)15(21)19-11-3-1-2-4-13(11)20-5-7-22-8-6-20/h1-4,9-10H,5-8H2,(H2,16,18)(H,19,21). The Bertz CT molecular complexity index is 670. The second kappa shape index (κ2) is 6.40. The van der Waals surface area contributed by atoms with Gasteiger partial charge in [0, 0.05) is 13.1 Å². The van der Waals surface area contributed by atoms with Crippen LogP contribution in [-0.4, -0.2) is 42.2 Å². The summed E-state index contributed by atoms with van der Waals surface area (Å²) in [5.41, 5.74) is 7.46. The van der Waals surface area contributed by atoms with Crippen LogP contribution in [0.2, 0.25) is 0 Å². The maximum Gasteiger partial charge on any atom is 0.276 e. The Morgan fingerprint density at radius 1 is 1.23 bits per heavy atom. The van der Waals surface area contributed by atoms with Crippen molar-refractivity contribution in [3.8, 4) is 0 Å². The Labute approximate surface area is 128 Å². The Morgan fingerprint density at radius 2 is 2.00 bits per heavy atom. The first kappa shape index (κ1) is 14.3. The van der Waals surface area contributed by atoms with Gasteiger partial charge in [0.1, 0.15) is 11.5 Å². The molecule has 22 heavy (non-hydrogen) atoms. The normalized spacial score (nSPS) is 14.6. The van der Waals surface area contributed by atoms with Gasteiger partial charge in [-0.1, -0.05) is 12.1 Å². The summed E-state index contributed by atoms with van der Waals surface area (Å²) in [5, 5.41) is 2.87. The van der Waals surface area contributed by atoms with Gasteiger partial charge in [0.05, 0.1) is 37.0 Å². The predicted octanol–water partition coefficient (Wildman–Crippen LogP) is 1.15. The molecule has 0 radical (unpaired) electrons. The van der Waals surface area contributed by atoms with E-state index in [1.165, 1.54) is 12.4 Å². The van der Waals surface area contributed by atoms with Gasteiger partial charge in [-0.2, -0.15) is 0 Å². The first-order chi connectivity index (χ1) is 10.7. The topological polar surface area (TPSA) is 93.4 Å². The van der Waals surface area contributed by atoms with Crippen LogP contribution in [0.1, 0.15) is 10.5 Å². The minimum absolute atomic E-state index is 0.191. The lowest BCUT2D eigenvalue weighted by Crippen LogP contribution is -2.36. The van der Waals surface area contributed by atoms with Crippen molar-refractivity contribution < 1.29 is 9.53 Å². The number of nitrogens with zero attached hydrogens (tertiary/aromatic N) is 3. The molecule has 0 saturated carbocycles. The molecular formula is C15H17N5O2. The van der Waals surface area contributed by atoms with Crippen molar-refractivity contribution in [1.29, 1.82) is 0 Å². The van der Waals surface area contributed by atoms with Crippen LogP contribution >= 0.6 is 0 Å². The third-order valence-electron chi connectivity index (χ3n) is 3.39. The van der Waals surface area contributed by atoms with Gasteiger partial charge in [-0.05, 0) is 12.1 Å². The van der Waals surface area contributed by atoms with Gasteiger partial charge in [0.15, 0.2) is 0 Å². The largest absolute Gasteiger partial charge is 0.382 e. The molecule has 7 nitrogen and oxygen atoms in total. The molecule has 3 N–H and O–H groups in total. The first-order valence-electron chi connectivity index (χ1n) is 7.04. The number of morpholine rings is 1. The van der Waals surface area contributed by atoms with Crippen LogP contribution in [0.25, 0.3) is 0 Å². The molecule has 1 amide bonds. The highest BCUT2D eigenvalue weighted by Gasteiger charge is 2.16. The molecule has 2 heterocycles. The zero-order valence-corrected chi connectivity index (χ0v) is 12.0. The van der Waals surface area contributed by atoms with Crippen LogP contribution in [0.4, 0.5) is 17.2 Å². The van der Waals surface area contributed by atoms with E-state index in [4.69, 9.17) is 10.5 Å². The molecule has 1 aromatic carbocycles. The molecule has 1 saturated heterocycles. The monoisotopic (exact) mass is 299 g/mol. The van der Waals surface area contributed by atoms with Crippen molar-refractivity contribution in [1.82, 2.24) is 9.97 Å². The van der Waals surface area contributed by atoms with Gasteiger partial charge >= 0.3 is 0 Å². The summed E-state index contributed by atoms with van der Waals surface area (Å²) in [7, 11) is 0. The lowest BCUT2D eigenvalue weighted by atomic mass is 10.2. The minimum Gasteiger partial charge on any atom is -0.382 e. The number of para-hydroxylation sites is 2. The molecule has 7 heteroatoms. The number of hydrogen-bond donors (Lipinski definition) is 2. The molecule has 0 spiro atoms. The molecular weight excluding hydrogens is 282 g/mol. The van der Waals surface area contributed by atoms with Gasteiger partial charge < -0.3 is 20.7 Å². The average molecular weight is 299 g/mol. The fraction of sp³-hybridized carbons (Fsp3) is 0.267. The van der Waals surface area contributed by atoms with Gasteiger partial charge in [-0.3, -0.25) is 9.78 Å². The number of nitrogen functional groups attached to an aromatic ring is 1. The van der Waals surface area contributed by atoms with Gasteiger partial charge in [0.2, 0.25) is 0 Å². The van der Waals surface area contributed by atoms with Gasteiger partial charge in [-0.15, -0.1) is 0 Å². The second-order valence-corrected chi connectivity index (χ2v) is 4.90. The van der Waals surface area contributed by atoms with Crippen molar-refractivity contribution in [2.75, 3.05) is 42.3 Å². The summed E-state index contributed by atoms with van der Waals surface area (Å²) in [4.78, 5) is 22.3. The van der Waals surface area contributed by atoms with Crippen molar-refractivity contribution in [2.45, 2.75) is 0 Å². The number of rotatable bonds is 3. The molecule has 3 rings (SSSR count). The quantitative estimate of drug-likeness (QED) is 0.883. The number of amides is 1. The number of nitrogens with one attached hydrogen (secondary N) is 1. The van der Waals surface area contributed by atoms with Crippen LogP contribution in [0.15, 0.2) is 36.7 Å². The van der Waals surface area contributed by atoms with E-state index in [1.54, 1.807) is 0 Å². The fourth-order valence-corrected chi connectivity index (χ4v) is 2.34. The van der Waals surface area contributed by atoms with E-state index in [9.17, 15) is 4.79 Å². The lowest BCUT2D eigenvalue weighted by molar-refractivity contribution is 0.102. The van der Waals surface area contributed by atoms with Crippen molar-refractivity contribution in [3.63, 3.8) is 0 Å². The minimum atomic E-state index is -0.333. The Balaban J connectivity index is 1.81. The molecule has 1 aliphatic rings. The molecule has 1 fully saturated rings. The highest BCUT2D eigenvalue weighted by atomic mass is 16.5. The number of anilines is 3. The SMILES string of the molecule is Nc1cncc(C(=O)Nc2ccccc2N2CCOCC2)n1. The highest BCUT2D eigenvalue weighted by molar-refractivity contribution is 6.04. The molecule has 0 unspecified atom stereocenters. The number of nitrogens with two attached hydrogens (primary N) is 1. The fourth-order valence-electron chi connectivity index (χ4n) is 2.34. The highest BCUT2D eigenvalue weighted by Crippen LogP contribution is 2.26. The zero-order valence-electron chi connectivity index (χ0n) is 12.0. The summed E-state index contributed by atoms with van der Waals surface area (Å²) >= 11 is 0. The molecule has 1 aliphatic heterocycles. The van der Waals surface area contributed by atoms with Gasteiger partial charge in [-0.25, -0.2) is 4.98 Å². The Hall–Kier alpha value is -2.67. The van der Waals surface area contributed by atoms with E-state index >= 15 is 0 Å². The summed E-state index contributed by atoms with van der Waals surface area (Å²) in [6.45, 7) is 2.96. The van der Waals surface area contributed by atoms with E-state index in [0.29, 0.717) is 13.2 Å². The van der Waals surface area contributed by atoms with Crippen LogP contribution in [0.3, 0.4) is 0 Å². The number of hydrogen-bond acceptors (Lipinski definition) is 6. The average Bonchev–Trinajstić information content (AvgIpc) is 2.56. The number of benzene rings is 1. The maximum absolute atomic E-state index is 12.3. The number of carbonyl (C=O) groups is 1. The van der Waals surface area contributed by atoms with E-state index in [2.05, 4.69) is 20.2 Å². The van der Waals surface area contributed by atoms with E-state index in [0.717, 1.165) is 24.5 Å². The second-order valence-electron chi connectivity index (χ2n) is 4.90. The van der Waals surface area contributed by atoms with E-state index in [-0.39, 0.29) is 17.4 Å². The Kier molecular flexibility index (Phi) is 4.15. The summed E-state index contributed by atoms with van der Waals surface area (Å²) in [6, 6.07) is 7.67. The molecule has 1 aromatic heterocycles. The maximum atomic E-state index is 12.3. The van der Waals surface area contributed by atoms with Crippen LogP contribution in [0.5, 0.6) is 0 Å². The smallest absolute Gasteiger partial charge is 0.276 e. The van der Waals surface area contributed by atoms with E-state index in [1.807, 2.05) is 24.3 Å². The predicted molar refractivity (Wildman–Crippen MR) is 83.9 cm³/mol. The third-order valence-corrected chi connectivity index (χ3v) is 3.39. The molecule has 114 valence electrons. The molecule has 0 atom stereocenters. The lowest BCUT2D eigenvalue weighted by Gasteiger charge is -2.30. The van der Waals surface area contributed by atoms with Crippen molar-refractivity contribution >= 4 is 23.1 Å². The molecule has 0 bridgehead atoms. The van der Waals surface area contributed by atoms with Crippen LogP contribution < -0.4 is 16.0 Å². The summed E-state index contributed by atoms with van der Waals surface area (Å²) in [6.07, 6.45) is 2.79. The number of carbonyl (C=O) groups excluding carboxylic acids is 1. The summed E-state index contributed by atoms with van der Waals surface area (Å²) in [5.74, 6) is -0.116. The summed E-state index contributed by atoms with van der Waals surface area (Å²) < 4.78 is 5.36. The Morgan fingerprint density at radius 3 is 2.77 bits per heavy atom. The van der Waals surface area contributed by atoms with Crippen LogP contribution in [0, 0.1) is 0 Å². The van der Waals surface area contributed by atoms with Crippen molar-refractivity contribution in [3.05, 3.63) is 42.4 Å².